The Balaban J connectivity index is 0.000000928. The summed E-state index contributed by atoms with van der Waals surface area (Å²) in [6.07, 6.45) is 0.671. The average Bonchev–Trinajstić information content (AvgIpc) is 2.95. The Bertz CT molecular complexity index is 1430. The van der Waals surface area contributed by atoms with Crippen LogP contribution in [0.5, 0.6) is 23.0 Å². The Morgan fingerprint density at radius 2 is 1.24 bits per heavy atom. The van der Waals surface area contributed by atoms with Crippen molar-refractivity contribution in [2.75, 3.05) is 60.1 Å². The van der Waals surface area contributed by atoms with Gasteiger partial charge in [-0.1, -0.05) is 12.1 Å². The summed E-state index contributed by atoms with van der Waals surface area (Å²) in [5.41, 5.74) is 1.21. The summed E-state index contributed by atoms with van der Waals surface area (Å²) in [5, 5.41) is 14.8. The van der Waals surface area contributed by atoms with Gasteiger partial charge in [-0.15, -0.1) is 0 Å². The molecule has 234 valence electrons. The summed E-state index contributed by atoms with van der Waals surface area (Å²) in [7, 11) is -0.121. The fourth-order valence-electron chi connectivity index (χ4n) is 4.66. The smallest absolute Gasteiger partial charge is 0.414 e. The second-order valence-electron chi connectivity index (χ2n) is 9.42. The third-order valence-corrected chi connectivity index (χ3v) is 13.0. The standard InChI is InChI=1S/C25H35NO8S2.C2H2O4/c1-26(13-11-19-7-9-21(31-2)23(17-19)33-4)14-12-25(35(27,28)15-6-16-36(25,29)30)20-8-10-22(32-3)24(18-20)34-5;3-1(4)2(5)6/h7-10,17-18H,6,11-16H2,1-5H3;(H,3,4)(H,5,6). The van der Waals surface area contributed by atoms with Crippen molar-refractivity contribution in [1.29, 1.82) is 0 Å². The molecule has 0 aromatic heterocycles. The highest BCUT2D eigenvalue weighted by Crippen LogP contribution is 2.46. The van der Waals surface area contributed by atoms with Crippen LogP contribution in [0.3, 0.4) is 0 Å². The highest BCUT2D eigenvalue weighted by molar-refractivity contribution is 8.10. The van der Waals surface area contributed by atoms with Gasteiger partial charge in [-0.05, 0) is 61.7 Å². The molecule has 3 rings (SSSR count). The largest absolute Gasteiger partial charge is 0.493 e. The van der Waals surface area contributed by atoms with Crippen LogP contribution in [0.4, 0.5) is 0 Å². The Labute approximate surface area is 245 Å². The average molecular weight is 632 g/mol. The second kappa shape index (κ2) is 14.6. The zero-order chi connectivity index (χ0) is 31.7. The van der Waals surface area contributed by atoms with Crippen LogP contribution in [0.15, 0.2) is 36.4 Å². The number of nitrogens with zero attached hydrogens (tertiary/aromatic N) is 1. The lowest BCUT2D eigenvalue weighted by Gasteiger charge is -2.37. The third kappa shape index (κ3) is 7.63. The Morgan fingerprint density at radius 1 is 0.762 bits per heavy atom. The number of hydrogen-bond acceptors (Lipinski definition) is 11. The van der Waals surface area contributed by atoms with Crippen molar-refractivity contribution < 1.29 is 55.6 Å². The van der Waals surface area contributed by atoms with Crippen LogP contribution in [0, 0.1) is 0 Å². The molecule has 1 aliphatic heterocycles. The molecule has 0 atom stereocenters. The summed E-state index contributed by atoms with van der Waals surface area (Å²) < 4.78 is 73.2. The number of carboxylic acid groups (broad SMARTS) is 2. The molecular formula is C27H37NO12S2. The predicted molar refractivity (Wildman–Crippen MR) is 154 cm³/mol. The van der Waals surface area contributed by atoms with Crippen molar-refractivity contribution in [3.05, 3.63) is 47.5 Å². The van der Waals surface area contributed by atoms with Crippen molar-refractivity contribution in [1.82, 2.24) is 4.90 Å². The van der Waals surface area contributed by atoms with Gasteiger partial charge in [-0.25, -0.2) is 26.4 Å². The van der Waals surface area contributed by atoms with E-state index in [1.807, 2.05) is 30.1 Å². The monoisotopic (exact) mass is 631 g/mol. The van der Waals surface area contributed by atoms with Gasteiger partial charge in [-0.2, -0.15) is 0 Å². The van der Waals surface area contributed by atoms with Gasteiger partial charge in [0, 0.05) is 13.1 Å². The number of methoxy groups -OCH3 is 4. The minimum atomic E-state index is -4.01. The summed E-state index contributed by atoms with van der Waals surface area (Å²) in [6, 6.07) is 10.2. The second-order valence-corrected chi connectivity index (χ2v) is 14.3. The topological polar surface area (TPSA) is 183 Å². The number of carbonyl (C=O) groups is 2. The van der Waals surface area contributed by atoms with Crippen LogP contribution in [0.1, 0.15) is 24.0 Å². The number of hydrogen-bond donors (Lipinski definition) is 2. The lowest BCUT2D eigenvalue weighted by molar-refractivity contribution is -0.159. The zero-order valence-corrected chi connectivity index (χ0v) is 25.8. The number of carboxylic acids is 2. The molecule has 0 saturated carbocycles. The van der Waals surface area contributed by atoms with E-state index < -0.39 is 35.7 Å². The molecule has 1 fully saturated rings. The van der Waals surface area contributed by atoms with Gasteiger partial charge in [0.25, 0.3) is 0 Å². The van der Waals surface area contributed by atoms with Crippen LogP contribution < -0.4 is 18.9 Å². The van der Waals surface area contributed by atoms with E-state index in [2.05, 4.69) is 0 Å². The van der Waals surface area contributed by atoms with Crippen LogP contribution in [0.2, 0.25) is 0 Å². The lowest BCUT2D eigenvalue weighted by Crippen LogP contribution is -2.51. The molecule has 0 amide bonds. The molecule has 13 nitrogen and oxygen atoms in total. The Kier molecular flexibility index (Phi) is 12.0. The number of aliphatic carboxylic acids is 2. The van der Waals surface area contributed by atoms with E-state index in [9.17, 15) is 16.8 Å². The zero-order valence-electron chi connectivity index (χ0n) is 24.2. The molecule has 1 heterocycles. The minimum Gasteiger partial charge on any atom is -0.493 e. The van der Waals surface area contributed by atoms with E-state index >= 15 is 0 Å². The van der Waals surface area contributed by atoms with Crippen molar-refractivity contribution >= 4 is 31.6 Å². The number of sulfone groups is 2. The maximum atomic E-state index is 13.5. The highest BCUT2D eigenvalue weighted by atomic mass is 32.3. The predicted octanol–water partition coefficient (Wildman–Crippen LogP) is 1.83. The first-order valence-electron chi connectivity index (χ1n) is 12.7. The normalized spacial score (nSPS) is 16.4. The van der Waals surface area contributed by atoms with E-state index in [0.717, 1.165) is 5.56 Å². The fraction of sp³-hybridized carbons (Fsp3) is 0.481. The summed E-state index contributed by atoms with van der Waals surface area (Å²) in [5.74, 6) is -2.07. The molecule has 0 aliphatic carbocycles. The van der Waals surface area contributed by atoms with Gasteiger partial charge in [-0.3, -0.25) is 0 Å². The molecule has 15 heteroatoms. The maximum Gasteiger partial charge on any atom is 0.414 e. The van der Waals surface area contributed by atoms with Crippen LogP contribution in [-0.2, 0) is 39.8 Å². The van der Waals surface area contributed by atoms with Gasteiger partial charge in [0.2, 0.25) is 0 Å². The van der Waals surface area contributed by atoms with Crippen molar-refractivity contribution in [3.8, 4) is 23.0 Å². The minimum absolute atomic E-state index is 0.0877. The summed E-state index contributed by atoms with van der Waals surface area (Å²) in [4.78, 5) is 20.1. The van der Waals surface area contributed by atoms with E-state index in [-0.39, 0.29) is 42.2 Å². The van der Waals surface area contributed by atoms with Crippen LogP contribution in [0.25, 0.3) is 0 Å². The van der Waals surface area contributed by atoms with Gasteiger partial charge < -0.3 is 34.1 Å². The van der Waals surface area contributed by atoms with Gasteiger partial charge in [0.15, 0.2) is 46.8 Å². The first kappa shape index (κ1) is 34.6. The molecular weight excluding hydrogens is 594 g/mol. The third-order valence-electron chi connectivity index (χ3n) is 6.89. The van der Waals surface area contributed by atoms with Crippen LogP contribution >= 0.6 is 0 Å². The fourth-order valence-corrected chi connectivity index (χ4v) is 10.4. The lowest BCUT2D eigenvalue weighted by atomic mass is 10.1. The first-order chi connectivity index (χ1) is 19.7. The van der Waals surface area contributed by atoms with Crippen molar-refractivity contribution in [3.63, 3.8) is 0 Å². The molecule has 2 N–H and O–H groups in total. The molecule has 2 aromatic carbocycles. The van der Waals surface area contributed by atoms with E-state index in [0.29, 0.717) is 30.2 Å². The first-order valence-corrected chi connectivity index (χ1v) is 16.0. The molecule has 0 unspecified atom stereocenters. The maximum absolute atomic E-state index is 13.5. The summed E-state index contributed by atoms with van der Waals surface area (Å²) >= 11 is 0. The molecule has 0 spiro atoms. The SMILES string of the molecule is COc1ccc(CCN(C)CCC2(c3ccc(OC)c(OC)c3)S(=O)(=O)CCCS2(=O)=O)cc1OC.O=C(O)C(=O)O. The van der Waals surface area contributed by atoms with Crippen molar-refractivity contribution in [2.45, 2.75) is 23.3 Å². The van der Waals surface area contributed by atoms with E-state index in [4.69, 9.17) is 38.7 Å². The molecule has 0 radical (unpaired) electrons. The number of benzene rings is 2. The van der Waals surface area contributed by atoms with Gasteiger partial charge in [0.05, 0.1) is 39.9 Å². The quantitative estimate of drug-likeness (QED) is 0.343. The highest BCUT2D eigenvalue weighted by Gasteiger charge is 2.57. The molecule has 1 saturated heterocycles. The van der Waals surface area contributed by atoms with E-state index in [1.54, 1.807) is 20.3 Å². The van der Waals surface area contributed by atoms with Gasteiger partial charge in [0.1, 0.15) is 0 Å². The Morgan fingerprint density at radius 3 is 1.71 bits per heavy atom. The molecule has 2 aromatic rings. The molecule has 0 bridgehead atoms. The number of likely N-dealkylation sites (N-methyl/N-ethyl adjacent to an activating group) is 1. The molecule has 1 aliphatic rings. The number of ether oxygens (including phenoxy) is 4. The van der Waals surface area contributed by atoms with Gasteiger partial charge >= 0.3 is 11.9 Å². The summed E-state index contributed by atoms with van der Waals surface area (Å²) in [6.45, 7) is 0.859. The number of rotatable bonds is 11. The van der Waals surface area contributed by atoms with Crippen molar-refractivity contribution in [2.24, 2.45) is 0 Å². The van der Waals surface area contributed by atoms with Crippen LogP contribution in [-0.4, -0.2) is 104 Å². The molecule has 42 heavy (non-hydrogen) atoms. The van der Waals surface area contributed by atoms with E-state index in [1.165, 1.54) is 26.4 Å². The Hall–Kier alpha value is -3.56.